The summed E-state index contributed by atoms with van der Waals surface area (Å²) in [6, 6.07) is 0.730. The summed E-state index contributed by atoms with van der Waals surface area (Å²) in [6.45, 7) is 11.7. The Kier molecular flexibility index (Phi) is 5.20. The summed E-state index contributed by atoms with van der Waals surface area (Å²) in [5.41, 5.74) is 5.91. The van der Waals surface area contributed by atoms with E-state index in [9.17, 15) is 0 Å². The van der Waals surface area contributed by atoms with Gasteiger partial charge in [-0.3, -0.25) is 4.99 Å². The first-order chi connectivity index (χ1) is 15.9. The highest BCUT2D eigenvalue weighted by molar-refractivity contribution is 5.81. The Morgan fingerprint density at radius 2 is 2.03 bits per heavy atom. The van der Waals surface area contributed by atoms with Crippen LogP contribution in [0.1, 0.15) is 78.1 Å². The minimum Gasteiger partial charge on any atom is -0.359 e. The molecule has 3 nitrogen and oxygen atoms in total. The molecule has 0 N–H and O–H groups in total. The van der Waals surface area contributed by atoms with E-state index in [0.717, 1.165) is 11.6 Å². The van der Waals surface area contributed by atoms with Crippen molar-refractivity contribution in [2.24, 2.45) is 22.2 Å². The van der Waals surface area contributed by atoms with E-state index < -0.39 is 0 Å². The number of likely N-dealkylation sites (tertiary alicyclic amines) is 1. The summed E-state index contributed by atoms with van der Waals surface area (Å²) in [5, 5.41) is 0. The Balaban J connectivity index is 1.31. The van der Waals surface area contributed by atoms with E-state index >= 15 is 0 Å². The molecular formula is C30H42N2O. The van der Waals surface area contributed by atoms with Gasteiger partial charge in [0.2, 0.25) is 0 Å². The van der Waals surface area contributed by atoms with E-state index in [4.69, 9.17) is 4.74 Å². The number of allylic oxidation sites excluding steroid dienone is 4. The summed E-state index contributed by atoms with van der Waals surface area (Å²) in [4.78, 5) is 6.94. The van der Waals surface area contributed by atoms with E-state index in [2.05, 4.69) is 48.5 Å². The lowest BCUT2D eigenvalue weighted by Crippen LogP contribution is -2.55. The summed E-state index contributed by atoms with van der Waals surface area (Å²) in [5.74, 6) is 1.22. The van der Waals surface area contributed by atoms with Crippen LogP contribution in [0.2, 0.25) is 0 Å². The van der Waals surface area contributed by atoms with E-state index in [1.165, 1.54) is 88.4 Å². The molecule has 2 spiro atoms. The molecule has 2 saturated carbocycles. The van der Waals surface area contributed by atoms with Gasteiger partial charge in [-0.15, -0.1) is 0 Å². The van der Waals surface area contributed by atoms with Crippen molar-refractivity contribution in [2.75, 3.05) is 20.1 Å². The van der Waals surface area contributed by atoms with Crippen molar-refractivity contribution in [3.05, 3.63) is 47.1 Å². The molecule has 3 unspecified atom stereocenters. The number of rotatable bonds is 4. The largest absolute Gasteiger partial charge is 0.359 e. The van der Waals surface area contributed by atoms with Crippen molar-refractivity contribution in [1.82, 2.24) is 4.90 Å². The van der Waals surface area contributed by atoms with Crippen molar-refractivity contribution >= 4 is 6.21 Å². The molecular weight excluding hydrogens is 404 g/mol. The van der Waals surface area contributed by atoms with Crippen LogP contribution in [-0.2, 0) is 4.74 Å². The lowest BCUT2D eigenvalue weighted by atomic mass is 9.58. The quantitative estimate of drug-likeness (QED) is 0.367. The Labute approximate surface area is 200 Å². The highest BCUT2D eigenvalue weighted by Crippen LogP contribution is 2.68. The van der Waals surface area contributed by atoms with Gasteiger partial charge in [-0.05, 0) is 118 Å². The van der Waals surface area contributed by atoms with Gasteiger partial charge in [0.15, 0.2) is 0 Å². The zero-order chi connectivity index (χ0) is 22.8. The fourth-order valence-corrected chi connectivity index (χ4v) is 9.15. The third-order valence-electron chi connectivity index (χ3n) is 10.6. The van der Waals surface area contributed by atoms with Gasteiger partial charge in [0.25, 0.3) is 0 Å². The molecule has 6 atom stereocenters. The molecule has 0 aromatic carbocycles. The molecule has 2 saturated heterocycles. The van der Waals surface area contributed by atoms with E-state index in [1.54, 1.807) is 5.57 Å². The molecule has 178 valence electrons. The van der Waals surface area contributed by atoms with E-state index in [1.807, 2.05) is 13.3 Å². The molecule has 0 amide bonds. The Morgan fingerprint density at radius 3 is 2.82 bits per heavy atom. The lowest BCUT2D eigenvalue weighted by Gasteiger charge is -2.55. The standard InChI is InChI=1S/C30H42N2O/c1-21(20-31-4)17-22(2)26-9-10-27-28(26,3)12-11-24-18-23-7-8-25(32-15-5-6-16-32)19-29(23)13-14-30(24,27)33-29/h11,17-18,20,25-27H,1,5-10,12-16,19H2,2-4H3/b22-17+,31-20?/t25?,26?,27-,28?,29-,30-/m1/s1. The monoisotopic (exact) mass is 446 g/mol. The third kappa shape index (κ3) is 3.18. The van der Waals surface area contributed by atoms with Crippen LogP contribution in [0.3, 0.4) is 0 Å². The van der Waals surface area contributed by atoms with Crippen molar-refractivity contribution in [1.29, 1.82) is 0 Å². The number of nitrogens with zero attached hydrogens (tertiary/aromatic N) is 2. The van der Waals surface area contributed by atoms with Gasteiger partial charge in [0.1, 0.15) is 0 Å². The fraction of sp³-hybridized carbons (Fsp3) is 0.700. The van der Waals surface area contributed by atoms with Gasteiger partial charge >= 0.3 is 0 Å². The second-order valence-electron chi connectivity index (χ2n) is 12.2. The molecule has 3 heterocycles. The highest BCUT2D eigenvalue weighted by atomic mass is 16.5. The minimum atomic E-state index is -0.0414. The highest BCUT2D eigenvalue weighted by Gasteiger charge is 2.66. The van der Waals surface area contributed by atoms with Gasteiger partial charge in [0.05, 0.1) is 11.2 Å². The average Bonchev–Trinajstić information content (AvgIpc) is 3.50. The van der Waals surface area contributed by atoms with Crippen LogP contribution in [0.25, 0.3) is 0 Å². The average molecular weight is 447 g/mol. The third-order valence-corrected chi connectivity index (χ3v) is 10.6. The molecule has 3 aliphatic heterocycles. The number of ether oxygens (including phenoxy) is 1. The maximum atomic E-state index is 7.48. The van der Waals surface area contributed by atoms with Crippen LogP contribution in [0.4, 0.5) is 0 Å². The van der Waals surface area contributed by atoms with E-state index in [-0.39, 0.29) is 16.6 Å². The zero-order valence-corrected chi connectivity index (χ0v) is 21.0. The second kappa shape index (κ2) is 7.78. The summed E-state index contributed by atoms with van der Waals surface area (Å²) in [7, 11) is 1.82. The Morgan fingerprint density at radius 1 is 1.21 bits per heavy atom. The first-order valence-electron chi connectivity index (χ1n) is 13.6. The van der Waals surface area contributed by atoms with Crippen molar-refractivity contribution in [3.8, 4) is 0 Å². The second-order valence-corrected chi connectivity index (χ2v) is 12.2. The SMILES string of the molecule is C=C(C=NC)/C=C(\C)C1CC[C@@H]2C1(C)CC=C1C=C3CCC(N4CCCC4)C[C@]34CC[C@@]12O4. The topological polar surface area (TPSA) is 24.8 Å². The zero-order valence-electron chi connectivity index (χ0n) is 21.0. The molecule has 6 rings (SSSR count). The molecule has 3 heteroatoms. The van der Waals surface area contributed by atoms with E-state index in [0.29, 0.717) is 11.8 Å². The maximum Gasteiger partial charge on any atom is 0.0974 e. The van der Waals surface area contributed by atoms with Gasteiger partial charge in [-0.1, -0.05) is 37.3 Å². The fourth-order valence-electron chi connectivity index (χ4n) is 9.15. The normalized spacial score (nSPS) is 44.9. The molecule has 33 heavy (non-hydrogen) atoms. The van der Waals surface area contributed by atoms with Crippen LogP contribution in [0.15, 0.2) is 52.1 Å². The smallest absolute Gasteiger partial charge is 0.0974 e. The summed E-state index contributed by atoms with van der Waals surface area (Å²) >= 11 is 0. The van der Waals surface area contributed by atoms with Crippen LogP contribution in [0.5, 0.6) is 0 Å². The van der Waals surface area contributed by atoms with Crippen molar-refractivity contribution in [3.63, 3.8) is 0 Å². The Hall–Kier alpha value is -1.45. The van der Waals surface area contributed by atoms with Gasteiger partial charge in [0, 0.05) is 19.3 Å². The van der Waals surface area contributed by atoms with Crippen LogP contribution in [-0.4, -0.2) is 48.5 Å². The van der Waals surface area contributed by atoms with Crippen LogP contribution < -0.4 is 0 Å². The van der Waals surface area contributed by atoms with Crippen molar-refractivity contribution in [2.45, 2.75) is 95.3 Å². The van der Waals surface area contributed by atoms with Crippen LogP contribution in [0, 0.1) is 17.3 Å². The number of aliphatic imine (C=N–C) groups is 1. The molecule has 0 aromatic heterocycles. The predicted molar refractivity (Wildman–Crippen MR) is 137 cm³/mol. The number of fused-ring (bicyclic) bond motifs is 1. The molecule has 2 bridgehead atoms. The van der Waals surface area contributed by atoms with Gasteiger partial charge in [-0.2, -0.15) is 0 Å². The number of hydrogen-bond donors (Lipinski definition) is 0. The minimum absolute atomic E-state index is 0.0238. The maximum absolute atomic E-state index is 7.48. The van der Waals surface area contributed by atoms with Crippen molar-refractivity contribution < 1.29 is 4.74 Å². The van der Waals surface area contributed by atoms with Crippen LogP contribution >= 0.6 is 0 Å². The molecule has 0 radical (unpaired) electrons. The molecule has 0 aromatic rings. The van der Waals surface area contributed by atoms with Gasteiger partial charge < -0.3 is 9.64 Å². The summed E-state index contributed by atoms with van der Waals surface area (Å²) in [6.07, 6.45) is 22.1. The number of hydrogen-bond acceptors (Lipinski definition) is 3. The lowest BCUT2D eigenvalue weighted by molar-refractivity contribution is -0.141. The Bertz CT molecular complexity index is 966. The van der Waals surface area contributed by atoms with Gasteiger partial charge in [-0.25, -0.2) is 0 Å². The first-order valence-corrected chi connectivity index (χ1v) is 13.6. The first kappa shape index (κ1) is 22.0. The molecule has 6 aliphatic rings. The predicted octanol–water partition coefficient (Wildman–Crippen LogP) is 6.43. The molecule has 4 fully saturated rings. The molecule has 3 aliphatic carbocycles. The summed E-state index contributed by atoms with van der Waals surface area (Å²) < 4.78 is 7.48.